The van der Waals surface area contributed by atoms with Gasteiger partial charge in [-0.15, -0.1) is 0 Å². The molecule has 0 fully saturated rings. The molecule has 0 aromatic heterocycles. The Morgan fingerprint density at radius 1 is 1.16 bits per heavy atom. The van der Waals surface area contributed by atoms with Gasteiger partial charge in [-0.1, -0.05) is 17.7 Å². The van der Waals surface area contributed by atoms with E-state index in [1.54, 1.807) is 0 Å². The van der Waals surface area contributed by atoms with Crippen molar-refractivity contribution in [2.45, 2.75) is 6.42 Å². The molecule has 2 aromatic carbocycles. The second kappa shape index (κ2) is 5.36. The molecule has 2 nitrogen and oxygen atoms in total. The number of nitrogen functional groups attached to an aromatic ring is 1. The van der Waals surface area contributed by atoms with Gasteiger partial charge in [-0.2, -0.15) is 0 Å². The van der Waals surface area contributed by atoms with Crippen LogP contribution in [0.25, 0.3) is 0 Å². The van der Waals surface area contributed by atoms with Gasteiger partial charge in [0.25, 0.3) is 0 Å². The van der Waals surface area contributed by atoms with E-state index in [-0.39, 0.29) is 22.6 Å². The fraction of sp³-hybridized carbons (Fsp3) is 0.0714. The van der Waals surface area contributed by atoms with E-state index in [0.717, 1.165) is 12.1 Å². The molecule has 0 saturated carbocycles. The smallest absolute Gasteiger partial charge is 0.167 e. The second-order valence-corrected chi connectivity index (χ2v) is 4.44. The fourth-order valence-electron chi connectivity index (χ4n) is 1.66. The average Bonchev–Trinajstić information content (AvgIpc) is 2.37. The molecule has 19 heavy (non-hydrogen) atoms. The van der Waals surface area contributed by atoms with E-state index in [0.29, 0.717) is 5.69 Å². The van der Waals surface area contributed by atoms with Crippen molar-refractivity contribution >= 4 is 23.1 Å². The van der Waals surface area contributed by atoms with Gasteiger partial charge in [0.05, 0.1) is 10.7 Å². The number of hydrogen-bond acceptors (Lipinski definition) is 2. The quantitative estimate of drug-likeness (QED) is 0.690. The van der Waals surface area contributed by atoms with Crippen molar-refractivity contribution in [1.82, 2.24) is 0 Å². The first-order valence-corrected chi connectivity index (χ1v) is 5.88. The van der Waals surface area contributed by atoms with Gasteiger partial charge < -0.3 is 5.73 Å². The number of anilines is 1. The number of nitrogens with two attached hydrogens (primary N) is 1. The van der Waals surface area contributed by atoms with Gasteiger partial charge in [-0.05, 0) is 30.3 Å². The standard InChI is InChI=1S/C14H10ClF2NO/c15-10-6-8(4-5-13(10)18)14(19)7-9-11(16)2-1-3-12(9)17/h1-6H,7,18H2. The van der Waals surface area contributed by atoms with Gasteiger partial charge in [0.2, 0.25) is 0 Å². The molecule has 2 aromatic rings. The molecule has 98 valence electrons. The molecule has 0 spiro atoms. The second-order valence-electron chi connectivity index (χ2n) is 4.04. The summed E-state index contributed by atoms with van der Waals surface area (Å²) in [5.41, 5.74) is 5.89. The number of Topliss-reactive ketones (excluding diaryl/α,β-unsaturated/α-hetero) is 1. The van der Waals surface area contributed by atoms with Crippen LogP contribution in [0, 0.1) is 11.6 Å². The lowest BCUT2D eigenvalue weighted by Crippen LogP contribution is -2.07. The maximum absolute atomic E-state index is 13.4. The maximum atomic E-state index is 13.4. The molecular formula is C14H10ClF2NO. The molecule has 5 heteroatoms. The summed E-state index contributed by atoms with van der Waals surface area (Å²) < 4.78 is 26.9. The lowest BCUT2D eigenvalue weighted by Gasteiger charge is -2.06. The summed E-state index contributed by atoms with van der Waals surface area (Å²) in [6, 6.07) is 7.82. The minimum Gasteiger partial charge on any atom is -0.398 e. The van der Waals surface area contributed by atoms with Crippen LogP contribution in [0.15, 0.2) is 36.4 Å². The van der Waals surface area contributed by atoms with Crippen molar-refractivity contribution < 1.29 is 13.6 Å². The molecule has 0 aliphatic rings. The highest BCUT2D eigenvalue weighted by Gasteiger charge is 2.15. The van der Waals surface area contributed by atoms with Gasteiger partial charge in [-0.3, -0.25) is 4.79 Å². The molecule has 2 N–H and O–H groups in total. The lowest BCUT2D eigenvalue weighted by atomic mass is 10.0. The number of benzene rings is 2. The van der Waals surface area contributed by atoms with Crippen LogP contribution in [-0.2, 0) is 6.42 Å². The zero-order chi connectivity index (χ0) is 14.0. The number of hydrogen-bond donors (Lipinski definition) is 1. The normalized spacial score (nSPS) is 10.5. The lowest BCUT2D eigenvalue weighted by molar-refractivity contribution is 0.0990. The van der Waals surface area contributed by atoms with Crippen molar-refractivity contribution in [2.24, 2.45) is 0 Å². The first kappa shape index (κ1) is 13.5. The van der Waals surface area contributed by atoms with Gasteiger partial charge in [0, 0.05) is 17.5 Å². The van der Waals surface area contributed by atoms with Crippen LogP contribution < -0.4 is 5.73 Å². The van der Waals surface area contributed by atoms with Crippen LogP contribution >= 0.6 is 11.6 Å². The predicted molar refractivity (Wildman–Crippen MR) is 70.3 cm³/mol. The topological polar surface area (TPSA) is 43.1 Å². The van der Waals surface area contributed by atoms with Crippen molar-refractivity contribution in [3.8, 4) is 0 Å². The van der Waals surface area contributed by atoms with Crippen molar-refractivity contribution in [1.29, 1.82) is 0 Å². The highest BCUT2D eigenvalue weighted by molar-refractivity contribution is 6.33. The molecular weight excluding hydrogens is 272 g/mol. The van der Waals surface area contributed by atoms with Crippen LogP contribution in [0.3, 0.4) is 0 Å². The van der Waals surface area contributed by atoms with Gasteiger partial charge in [0.15, 0.2) is 5.78 Å². The zero-order valence-corrected chi connectivity index (χ0v) is 10.5. The number of ketones is 1. The Balaban J connectivity index is 2.28. The van der Waals surface area contributed by atoms with E-state index < -0.39 is 17.4 Å². The van der Waals surface area contributed by atoms with E-state index in [9.17, 15) is 13.6 Å². The molecule has 0 amide bonds. The zero-order valence-electron chi connectivity index (χ0n) is 9.79. The third kappa shape index (κ3) is 2.90. The fourth-order valence-corrected chi connectivity index (χ4v) is 1.84. The molecule has 2 rings (SSSR count). The van der Waals surface area contributed by atoms with Crippen LogP contribution in [0.1, 0.15) is 15.9 Å². The van der Waals surface area contributed by atoms with E-state index in [2.05, 4.69) is 0 Å². The van der Waals surface area contributed by atoms with E-state index in [4.69, 9.17) is 17.3 Å². The highest BCUT2D eigenvalue weighted by atomic mass is 35.5. The summed E-state index contributed by atoms with van der Waals surface area (Å²) in [7, 11) is 0. The van der Waals surface area contributed by atoms with Gasteiger partial charge in [-0.25, -0.2) is 8.78 Å². The van der Waals surface area contributed by atoms with Gasteiger partial charge in [0.1, 0.15) is 11.6 Å². The Morgan fingerprint density at radius 2 is 1.79 bits per heavy atom. The Bertz CT molecular complexity index is 623. The molecule has 0 unspecified atom stereocenters. The molecule has 0 saturated heterocycles. The number of carbonyl (C=O) groups is 1. The van der Waals surface area contributed by atoms with Crippen molar-refractivity contribution in [2.75, 3.05) is 5.73 Å². The third-order valence-electron chi connectivity index (χ3n) is 2.72. The van der Waals surface area contributed by atoms with Crippen molar-refractivity contribution in [3.63, 3.8) is 0 Å². The number of halogens is 3. The Morgan fingerprint density at radius 3 is 2.37 bits per heavy atom. The average molecular weight is 282 g/mol. The Labute approximate surface area is 113 Å². The third-order valence-corrected chi connectivity index (χ3v) is 3.05. The van der Waals surface area contributed by atoms with Crippen LogP contribution in [-0.4, -0.2) is 5.78 Å². The summed E-state index contributed by atoms with van der Waals surface area (Å²) in [6.45, 7) is 0. The van der Waals surface area contributed by atoms with Crippen LogP contribution in [0.5, 0.6) is 0 Å². The molecule has 0 radical (unpaired) electrons. The molecule has 0 aliphatic heterocycles. The largest absolute Gasteiger partial charge is 0.398 e. The maximum Gasteiger partial charge on any atom is 0.167 e. The van der Waals surface area contributed by atoms with Crippen molar-refractivity contribution in [3.05, 3.63) is 64.2 Å². The summed E-state index contributed by atoms with van der Waals surface area (Å²) in [5, 5.41) is 0.236. The van der Waals surface area contributed by atoms with Crippen LogP contribution in [0.2, 0.25) is 5.02 Å². The first-order valence-electron chi connectivity index (χ1n) is 5.50. The molecule has 0 heterocycles. The summed E-state index contributed by atoms with van der Waals surface area (Å²) >= 11 is 5.80. The van der Waals surface area contributed by atoms with Gasteiger partial charge >= 0.3 is 0 Å². The Kier molecular flexibility index (Phi) is 3.81. The van der Waals surface area contributed by atoms with E-state index in [1.165, 1.54) is 24.3 Å². The SMILES string of the molecule is Nc1ccc(C(=O)Cc2c(F)cccc2F)cc1Cl. The minimum absolute atomic E-state index is 0.236. The number of rotatable bonds is 3. The molecule has 0 bridgehead atoms. The Hall–Kier alpha value is -1.94. The minimum atomic E-state index is -0.741. The first-order chi connectivity index (χ1) is 8.99. The highest BCUT2D eigenvalue weighted by Crippen LogP contribution is 2.21. The number of carbonyl (C=O) groups excluding carboxylic acids is 1. The van der Waals surface area contributed by atoms with Crippen LogP contribution in [0.4, 0.5) is 14.5 Å². The molecule has 0 atom stereocenters. The van der Waals surface area contributed by atoms with E-state index >= 15 is 0 Å². The van der Waals surface area contributed by atoms with E-state index in [1.807, 2.05) is 0 Å². The molecule has 0 aliphatic carbocycles. The summed E-state index contributed by atoms with van der Waals surface area (Å²) in [5.74, 6) is -1.91. The summed E-state index contributed by atoms with van der Waals surface area (Å²) in [4.78, 5) is 11.9. The monoisotopic (exact) mass is 281 g/mol. The summed E-state index contributed by atoms with van der Waals surface area (Å²) in [6.07, 6.45) is -0.362. The predicted octanol–water partition coefficient (Wildman–Crippen LogP) is 3.63.